The van der Waals surface area contributed by atoms with E-state index in [-0.39, 0.29) is 37.5 Å². The van der Waals surface area contributed by atoms with Crippen LogP contribution >= 0.6 is 23.5 Å². The minimum atomic E-state index is -3.44. The average Bonchev–Trinajstić information content (AvgIpc) is 3.33. The molecular formula is C51H38N4O10S3. The number of rotatable bonds is 10. The molecule has 340 valence electrons. The predicted molar refractivity (Wildman–Crippen MR) is 268 cm³/mol. The molecule has 0 atom stereocenters. The number of nitrogens with one attached hydrogen (secondary N) is 1. The molecule has 4 aromatic heterocycles. The molecule has 0 bridgehead atoms. The van der Waals surface area contributed by atoms with Crippen LogP contribution in [-0.4, -0.2) is 33.5 Å². The van der Waals surface area contributed by atoms with Crippen LogP contribution in [0, 0.1) is 0 Å². The lowest BCUT2D eigenvalue weighted by atomic mass is 10.1. The van der Waals surface area contributed by atoms with Gasteiger partial charge in [-0.1, -0.05) is 91.1 Å². The number of aromatic hydroxyl groups is 2. The minimum Gasteiger partial charge on any atom is -0.505 e. The number of sulfonamides is 1. The summed E-state index contributed by atoms with van der Waals surface area (Å²) in [6, 6.07) is 45.4. The number of para-hydroxylation sites is 4. The monoisotopic (exact) mass is 962 g/mol. The molecule has 14 nitrogen and oxygen atoms in total. The second-order valence-corrected chi connectivity index (χ2v) is 19.3. The Labute approximate surface area is 394 Å². The molecule has 0 radical (unpaired) electrons. The first kappa shape index (κ1) is 45.2. The lowest BCUT2D eigenvalue weighted by molar-refractivity contribution is 0.446. The molecule has 68 heavy (non-hydrogen) atoms. The number of aromatic nitrogens is 2. The van der Waals surface area contributed by atoms with Crippen LogP contribution in [0.15, 0.2) is 205 Å². The van der Waals surface area contributed by atoms with E-state index in [0.717, 1.165) is 23.5 Å². The van der Waals surface area contributed by atoms with Gasteiger partial charge in [0, 0.05) is 43.3 Å². The number of pyridine rings is 2. The van der Waals surface area contributed by atoms with Crippen LogP contribution in [0.5, 0.6) is 11.5 Å². The maximum Gasteiger partial charge on any atom is 0.354 e. The minimum absolute atomic E-state index is 0.00466. The highest BCUT2D eigenvalue weighted by Crippen LogP contribution is 2.39. The molecule has 0 aliphatic carbocycles. The van der Waals surface area contributed by atoms with Crippen molar-refractivity contribution in [2.75, 3.05) is 16.2 Å². The molecule has 6 aromatic carbocycles. The summed E-state index contributed by atoms with van der Waals surface area (Å²) in [6.07, 6.45) is 0.488. The van der Waals surface area contributed by atoms with Gasteiger partial charge in [0.05, 0.1) is 16.8 Å². The number of hydrogen-bond acceptors (Lipinski definition) is 13. The van der Waals surface area contributed by atoms with Crippen LogP contribution in [-0.2, 0) is 10.0 Å². The first-order valence-corrected chi connectivity index (χ1v) is 24.2. The van der Waals surface area contributed by atoms with Crippen molar-refractivity contribution in [3.8, 4) is 22.9 Å². The van der Waals surface area contributed by atoms with Crippen molar-refractivity contribution in [1.82, 2.24) is 9.13 Å². The van der Waals surface area contributed by atoms with E-state index in [1.165, 1.54) is 9.13 Å². The van der Waals surface area contributed by atoms with E-state index in [4.69, 9.17) is 14.6 Å². The number of fused-ring (bicyclic) bond motifs is 6. The first-order valence-electron chi connectivity index (χ1n) is 20.9. The zero-order valence-electron chi connectivity index (χ0n) is 35.8. The van der Waals surface area contributed by atoms with Crippen LogP contribution < -0.4 is 32.8 Å². The third kappa shape index (κ3) is 8.72. The van der Waals surface area contributed by atoms with Crippen molar-refractivity contribution < 1.29 is 27.5 Å². The standard InChI is InChI=1S/C27H22N2O6S2.C24H16N2O4S/c1-2-16-37(33,34)28-17-12-14-19(15-13-17)36-25-23(30)22-24(35-27(25)32)20-10-6-7-11-21(20)29(26(22)31)18-8-4-3-5-9-18;25-14-10-12-16(13-11-14)31-22-20(27)19-21(30-24(22)29)17-8-4-5-9-18(17)26(23(19)28)15-6-2-1-3-7-15/h3-15,28,30H,2,16H2,1H3;1-13,27H,25H2. The van der Waals surface area contributed by atoms with E-state index >= 15 is 0 Å². The van der Waals surface area contributed by atoms with E-state index in [2.05, 4.69) is 4.72 Å². The van der Waals surface area contributed by atoms with Gasteiger partial charge < -0.3 is 24.8 Å². The highest BCUT2D eigenvalue weighted by molar-refractivity contribution is 7.99. The zero-order valence-corrected chi connectivity index (χ0v) is 38.2. The van der Waals surface area contributed by atoms with E-state index < -0.39 is 43.9 Å². The predicted octanol–water partition coefficient (Wildman–Crippen LogP) is 9.64. The molecule has 0 unspecified atom stereocenters. The summed E-state index contributed by atoms with van der Waals surface area (Å²) in [4.78, 5) is 54.0. The lowest BCUT2D eigenvalue weighted by Gasteiger charge is -2.14. The van der Waals surface area contributed by atoms with Crippen LogP contribution in [0.25, 0.3) is 55.1 Å². The average molecular weight is 963 g/mol. The molecule has 0 aliphatic heterocycles. The Kier molecular flexibility index (Phi) is 12.4. The number of nitrogen functional groups attached to an aromatic ring is 1. The van der Waals surface area contributed by atoms with Gasteiger partial charge in [-0.15, -0.1) is 0 Å². The van der Waals surface area contributed by atoms with Gasteiger partial charge in [0.15, 0.2) is 22.7 Å². The van der Waals surface area contributed by atoms with Crippen molar-refractivity contribution in [2.45, 2.75) is 32.9 Å². The zero-order chi connectivity index (χ0) is 47.7. The Hall–Kier alpha value is -7.99. The van der Waals surface area contributed by atoms with Gasteiger partial charge in [0.2, 0.25) is 10.0 Å². The molecule has 0 saturated heterocycles. The highest BCUT2D eigenvalue weighted by atomic mass is 32.2. The van der Waals surface area contributed by atoms with Gasteiger partial charge in [0.1, 0.15) is 20.6 Å². The van der Waals surface area contributed by atoms with E-state index in [9.17, 15) is 37.8 Å². The summed E-state index contributed by atoms with van der Waals surface area (Å²) >= 11 is 1.95. The Morgan fingerprint density at radius 2 is 0.956 bits per heavy atom. The fourth-order valence-corrected chi connectivity index (χ4v) is 10.5. The molecule has 0 fully saturated rings. The van der Waals surface area contributed by atoms with Crippen molar-refractivity contribution in [3.63, 3.8) is 0 Å². The van der Waals surface area contributed by atoms with Gasteiger partial charge in [0.25, 0.3) is 11.1 Å². The largest absolute Gasteiger partial charge is 0.505 e. The van der Waals surface area contributed by atoms with Gasteiger partial charge in [-0.3, -0.25) is 23.4 Å². The summed E-state index contributed by atoms with van der Waals surface area (Å²) in [6.45, 7) is 1.78. The Morgan fingerprint density at radius 3 is 1.38 bits per heavy atom. The van der Waals surface area contributed by atoms with Gasteiger partial charge in [-0.05, 0) is 103 Å². The van der Waals surface area contributed by atoms with Gasteiger partial charge in [-0.2, -0.15) is 0 Å². The van der Waals surface area contributed by atoms with E-state index in [0.29, 0.717) is 60.8 Å². The van der Waals surface area contributed by atoms with Crippen LogP contribution in [0.2, 0.25) is 0 Å². The fraction of sp³-hybridized carbons (Fsp3) is 0.0588. The second-order valence-electron chi connectivity index (χ2n) is 15.2. The normalized spacial score (nSPS) is 11.5. The maximum atomic E-state index is 13.7. The summed E-state index contributed by atoms with van der Waals surface area (Å²) < 4.78 is 40.7. The molecule has 10 aromatic rings. The van der Waals surface area contributed by atoms with Crippen molar-refractivity contribution in [2.24, 2.45) is 0 Å². The molecule has 17 heteroatoms. The molecule has 4 heterocycles. The Balaban J connectivity index is 0.000000172. The van der Waals surface area contributed by atoms with Crippen LogP contribution in [0.3, 0.4) is 0 Å². The Morgan fingerprint density at radius 1 is 0.559 bits per heavy atom. The number of benzene rings is 6. The first-order chi connectivity index (χ1) is 32.8. The van der Waals surface area contributed by atoms with E-state index in [1.54, 1.807) is 140 Å². The fourth-order valence-electron chi connectivity index (χ4n) is 7.66. The molecule has 0 aliphatic rings. The number of nitrogens with two attached hydrogens (primary N) is 1. The third-order valence-electron chi connectivity index (χ3n) is 10.7. The van der Waals surface area contributed by atoms with Crippen LogP contribution in [0.4, 0.5) is 11.4 Å². The van der Waals surface area contributed by atoms with Gasteiger partial charge in [-0.25, -0.2) is 18.0 Å². The number of hydrogen-bond donors (Lipinski definition) is 4. The molecule has 0 saturated carbocycles. The highest BCUT2D eigenvalue weighted by Gasteiger charge is 2.25. The summed E-state index contributed by atoms with van der Waals surface area (Å²) in [5, 5.41) is 23.1. The van der Waals surface area contributed by atoms with Crippen molar-refractivity contribution in [3.05, 3.63) is 199 Å². The summed E-state index contributed by atoms with van der Waals surface area (Å²) in [5.41, 5.74) is 6.62. The molecule has 0 spiro atoms. The molecule has 5 N–H and O–H groups in total. The van der Waals surface area contributed by atoms with Crippen molar-refractivity contribution in [1.29, 1.82) is 0 Å². The molecular weight excluding hydrogens is 925 g/mol. The van der Waals surface area contributed by atoms with Crippen LogP contribution in [0.1, 0.15) is 13.3 Å². The van der Waals surface area contributed by atoms with Crippen molar-refractivity contribution >= 4 is 88.7 Å². The SMILES string of the molecule is CCCS(=O)(=O)Nc1ccc(Sc2c(O)c3c(=O)n(-c4ccccc4)c4ccccc4c3oc2=O)cc1.Nc1ccc(Sc2c(O)c3c(=O)n(-c4ccccc4)c4ccccc4c3oc2=O)cc1. The Bertz CT molecular complexity index is 3920. The summed E-state index contributed by atoms with van der Waals surface area (Å²) in [7, 11) is -3.44. The third-order valence-corrected chi connectivity index (χ3v) is 14.3. The van der Waals surface area contributed by atoms with Gasteiger partial charge >= 0.3 is 11.3 Å². The summed E-state index contributed by atoms with van der Waals surface area (Å²) in [5.74, 6) is -0.858. The maximum absolute atomic E-state index is 13.7. The lowest BCUT2D eigenvalue weighted by Crippen LogP contribution is -2.20. The molecule has 10 rings (SSSR count). The smallest absolute Gasteiger partial charge is 0.354 e. The number of anilines is 2. The second kappa shape index (κ2) is 18.7. The van der Waals surface area contributed by atoms with E-state index in [1.807, 2.05) is 24.3 Å². The quantitative estimate of drug-likeness (QED) is 0.0742. The number of nitrogens with zero attached hydrogens (tertiary/aromatic N) is 2. The topological polar surface area (TPSA) is 217 Å². The molecule has 0 amide bonds.